The highest BCUT2D eigenvalue weighted by Crippen LogP contribution is 2.36. The number of hydrogen-bond acceptors (Lipinski definition) is 6. The summed E-state index contributed by atoms with van der Waals surface area (Å²) in [6.07, 6.45) is 3.27. The van der Waals surface area contributed by atoms with Crippen LogP contribution < -0.4 is 0 Å². The third-order valence-corrected chi connectivity index (χ3v) is 7.24. The molecule has 7 heteroatoms. The van der Waals surface area contributed by atoms with E-state index in [0.29, 0.717) is 0 Å². The van der Waals surface area contributed by atoms with Gasteiger partial charge >= 0.3 is 5.97 Å². The lowest BCUT2D eigenvalue weighted by Crippen LogP contribution is -2.44. The monoisotopic (exact) mass is 440 g/mol. The Morgan fingerprint density at radius 2 is 2.00 bits per heavy atom. The topological polar surface area (TPSA) is 59.5 Å². The summed E-state index contributed by atoms with van der Waals surface area (Å²) in [6, 6.07) is 14.1. The zero-order valence-electron chi connectivity index (χ0n) is 16.9. The SMILES string of the molecule is CC1CCCCN1C(=O)COC(=O)Cc1sc(-c2ccccc2)nc1-c1cccs1. The van der Waals surface area contributed by atoms with Crippen LogP contribution in [0.2, 0.25) is 0 Å². The molecular weight excluding hydrogens is 416 g/mol. The molecule has 4 rings (SSSR count). The van der Waals surface area contributed by atoms with Gasteiger partial charge in [-0.15, -0.1) is 22.7 Å². The van der Waals surface area contributed by atoms with Crippen molar-refractivity contribution in [2.75, 3.05) is 13.2 Å². The number of carbonyl (C=O) groups excluding carboxylic acids is 2. The van der Waals surface area contributed by atoms with Gasteiger partial charge in [-0.2, -0.15) is 0 Å². The summed E-state index contributed by atoms with van der Waals surface area (Å²) >= 11 is 3.10. The van der Waals surface area contributed by atoms with Gasteiger partial charge in [0, 0.05) is 23.0 Å². The van der Waals surface area contributed by atoms with Crippen LogP contribution in [0.4, 0.5) is 0 Å². The molecule has 1 unspecified atom stereocenters. The third-order valence-electron chi connectivity index (χ3n) is 5.26. The van der Waals surface area contributed by atoms with Gasteiger partial charge in [-0.25, -0.2) is 4.98 Å². The normalized spacial score (nSPS) is 16.4. The predicted molar refractivity (Wildman–Crippen MR) is 121 cm³/mol. The summed E-state index contributed by atoms with van der Waals surface area (Å²) in [7, 11) is 0. The summed E-state index contributed by atoms with van der Waals surface area (Å²) < 4.78 is 5.35. The molecule has 0 spiro atoms. The second kappa shape index (κ2) is 9.53. The van der Waals surface area contributed by atoms with Crippen molar-refractivity contribution >= 4 is 34.6 Å². The van der Waals surface area contributed by atoms with Crippen LogP contribution in [0, 0.1) is 0 Å². The minimum absolute atomic E-state index is 0.108. The Kier molecular flexibility index (Phi) is 6.59. The number of ether oxygens (including phenoxy) is 1. The Labute approximate surface area is 184 Å². The van der Waals surface area contributed by atoms with E-state index in [-0.39, 0.29) is 25.0 Å². The van der Waals surface area contributed by atoms with E-state index in [9.17, 15) is 9.59 Å². The Morgan fingerprint density at radius 1 is 1.17 bits per heavy atom. The minimum atomic E-state index is -0.394. The van der Waals surface area contributed by atoms with Crippen molar-refractivity contribution in [3.05, 3.63) is 52.7 Å². The van der Waals surface area contributed by atoms with Crippen molar-refractivity contribution in [3.8, 4) is 21.1 Å². The average molecular weight is 441 g/mol. The van der Waals surface area contributed by atoms with Gasteiger partial charge in [0.2, 0.25) is 0 Å². The first kappa shape index (κ1) is 20.8. The highest BCUT2D eigenvalue weighted by molar-refractivity contribution is 7.17. The smallest absolute Gasteiger partial charge is 0.311 e. The van der Waals surface area contributed by atoms with Crippen LogP contribution in [0.1, 0.15) is 31.1 Å². The minimum Gasteiger partial charge on any atom is -0.455 e. The van der Waals surface area contributed by atoms with Crippen LogP contribution in [0.25, 0.3) is 21.1 Å². The van der Waals surface area contributed by atoms with E-state index in [0.717, 1.165) is 51.8 Å². The number of hydrogen-bond donors (Lipinski definition) is 0. The fraction of sp³-hybridized carbons (Fsp3) is 0.348. The van der Waals surface area contributed by atoms with E-state index < -0.39 is 5.97 Å². The van der Waals surface area contributed by atoms with E-state index in [4.69, 9.17) is 9.72 Å². The molecule has 1 amide bonds. The maximum absolute atomic E-state index is 12.5. The second-order valence-corrected chi connectivity index (χ2v) is 9.43. The number of rotatable bonds is 6. The van der Waals surface area contributed by atoms with E-state index in [1.807, 2.05) is 52.7 Å². The van der Waals surface area contributed by atoms with Gasteiger partial charge in [0.15, 0.2) is 6.61 Å². The summed E-state index contributed by atoms with van der Waals surface area (Å²) in [5.74, 6) is -0.502. The van der Waals surface area contributed by atoms with Gasteiger partial charge in [-0.3, -0.25) is 9.59 Å². The second-order valence-electron chi connectivity index (χ2n) is 7.40. The van der Waals surface area contributed by atoms with Crippen LogP contribution >= 0.6 is 22.7 Å². The summed E-state index contributed by atoms with van der Waals surface area (Å²) in [5.41, 5.74) is 1.84. The number of thiazole rings is 1. The number of nitrogens with zero attached hydrogens (tertiary/aromatic N) is 2. The molecule has 1 aliphatic heterocycles. The Hall–Kier alpha value is -2.51. The van der Waals surface area contributed by atoms with Crippen molar-refractivity contribution in [2.45, 2.75) is 38.6 Å². The zero-order valence-corrected chi connectivity index (χ0v) is 18.5. The third kappa shape index (κ3) is 4.79. The summed E-state index contributed by atoms with van der Waals surface area (Å²) in [6.45, 7) is 2.60. The molecule has 0 N–H and O–H groups in total. The molecule has 2 aromatic heterocycles. The molecule has 0 radical (unpaired) electrons. The lowest BCUT2D eigenvalue weighted by molar-refractivity contribution is -0.152. The van der Waals surface area contributed by atoms with Gasteiger partial charge in [0.05, 0.1) is 17.0 Å². The van der Waals surface area contributed by atoms with Crippen LogP contribution in [-0.4, -0.2) is 41.0 Å². The van der Waals surface area contributed by atoms with Gasteiger partial charge < -0.3 is 9.64 Å². The molecule has 0 bridgehead atoms. The number of esters is 1. The number of piperidine rings is 1. The van der Waals surface area contributed by atoms with Crippen molar-refractivity contribution < 1.29 is 14.3 Å². The molecule has 1 saturated heterocycles. The standard InChI is InChI=1S/C23H24N2O3S2/c1-16-8-5-6-12-25(16)20(26)15-28-21(27)14-19-22(18-11-7-13-29-18)24-23(30-19)17-9-3-2-4-10-17/h2-4,7,9-11,13,16H,5-6,8,12,14-15H2,1H3. The molecule has 1 fully saturated rings. The van der Waals surface area contributed by atoms with E-state index in [1.54, 1.807) is 11.3 Å². The van der Waals surface area contributed by atoms with Crippen molar-refractivity contribution in [3.63, 3.8) is 0 Å². The number of benzene rings is 1. The van der Waals surface area contributed by atoms with Crippen molar-refractivity contribution in [1.82, 2.24) is 9.88 Å². The van der Waals surface area contributed by atoms with Crippen molar-refractivity contribution in [1.29, 1.82) is 0 Å². The molecule has 30 heavy (non-hydrogen) atoms. The zero-order chi connectivity index (χ0) is 20.9. The molecule has 1 atom stereocenters. The lowest BCUT2D eigenvalue weighted by Gasteiger charge is -2.33. The first-order chi connectivity index (χ1) is 14.6. The Balaban J connectivity index is 1.46. The molecule has 0 saturated carbocycles. The van der Waals surface area contributed by atoms with Crippen LogP contribution in [0.15, 0.2) is 47.8 Å². The number of carbonyl (C=O) groups is 2. The van der Waals surface area contributed by atoms with E-state index in [2.05, 4.69) is 6.92 Å². The highest BCUT2D eigenvalue weighted by atomic mass is 32.1. The van der Waals surface area contributed by atoms with Gasteiger partial charge in [0.25, 0.3) is 5.91 Å². The first-order valence-electron chi connectivity index (χ1n) is 10.2. The van der Waals surface area contributed by atoms with Crippen LogP contribution in [-0.2, 0) is 20.7 Å². The fourth-order valence-electron chi connectivity index (χ4n) is 3.66. The lowest BCUT2D eigenvalue weighted by atomic mass is 10.0. The number of thiophene rings is 1. The van der Waals surface area contributed by atoms with Gasteiger partial charge in [-0.05, 0) is 37.6 Å². The molecule has 5 nitrogen and oxygen atoms in total. The van der Waals surface area contributed by atoms with Gasteiger partial charge in [-0.1, -0.05) is 36.4 Å². The van der Waals surface area contributed by atoms with E-state index in [1.165, 1.54) is 11.3 Å². The van der Waals surface area contributed by atoms with Gasteiger partial charge in [0.1, 0.15) is 5.01 Å². The number of amides is 1. The maximum atomic E-state index is 12.5. The average Bonchev–Trinajstić information content (AvgIpc) is 3.43. The Bertz CT molecular complexity index is 999. The van der Waals surface area contributed by atoms with Crippen LogP contribution in [0.3, 0.4) is 0 Å². The quantitative estimate of drug-likeness (QED) is 0.505. The molecule has 1 aliphatic rings. The number of aromatic nitrogens is 1. The summed E-state index contributed by atoms with van der Waals surface area (Å²) in [5, 5.41) is 2.87. The molecule has 3 aromatic rings. The molecule has 156 valence electrons. The molecule has 1 aromatic carbocycles. The van der Waals surface area contributed by atoms with E-state index >= 15 is 0 Å². The maximum Gasteiger partial charge on any atom is 0.311 e. The summed E-state index contributed by atoms with van der Waals surface area (Å²) in [4.78, 5) is 33.5. The molecular formula is C23H24N2O3S2. The highest BCUT2D eigenvalue weighted by Gasteiger charge is 2.24. The largest absolute Gasteiger partial charge is 0.455 e. The molecule has 3 heterocycles. The molecule has 0 aliphatic carbocycles. The predicted octanol–water partition coefficient (Wildman–Crippen LogP) is 5.03. The van der Waals surface area contributed by atoms with Crippen molar-refractivity contribution in [2.24, 2.45) is 0 Å². The first-order valence-corrected chi connectivity index (χ1v) is 11.9. The van der Waals surface area contributed by atoms with Crippen LogP contribution in [0.5, 0.6) is 0 Å². The fourth-order valence-corrected chi connectivity index (χ4v) is 5.53. The number of likely N-dealkylation sites (tertiary alicyclic amines) is 1. The Morgan fingerprint density at radius 3 is 2.73 bits per heavy atom.